The van der Waals surface area contributed by atoms with E-state index in [1.807, 2.05) is 18.2 Å². The first-order valence-electron chi connectivity index (χ1n) is 6.85. The fourth-order valence-corrected chi connectivity index (χ4v) is 3.66. The summed E-state index contributed by atoms with van der Waals surface area (Å²) in [4.78, 5) is 0. The van der Waals surface area contributed by atoms with E-state index < -0.39 is 0 Å². The molecule has 2 N–H and O–H groups in total. The molecule has 1 aliphatic heterocycles. The summed E-state index contributed by atoms with van der Waals surface area (Å²) < 4.78 is 6.36. The standard InChI is InChI=1S/C15H20ClNO/c1-10-4-2-3-7-15(10)9-13(17)12-8-11(16)5-6-14(12)18-15/h5-6,8,10,13H,2-4,7,9,17H2,1H3/t10?,13-,15?/m1/s1. The summed E-state index contributed by atoms with van der Waals surface area (Å²) in [5.41, 5.74) is 7.36. The van der Waals surface area contributed by atoms with Crippen LogP contribution in [-0.2, 0) is 0 Å². The van der Waals surface area contributed by atoms with Crippen molar-refractivity contribution in [1.82, 2.24) is 0 Å². The summed E-state index contributed by atoms with van der Waals surface area (Å²) >= 11 is 6.04. The number of halogens is 1. The number of hydrogen-bond acceptors (Lipinski definition) is 2. The number of fused-ring (bicyclic) bond motifs is 1. The number of hydrogen-bond donors (Lipinski definition) is 1. The van der Waals surface area contributed by atoms with Crippen molar-refractivity contribution >= 4 is 11.6 Å². The summed E-state index contributed by atoms with van der Waals surface area (Å²) in [5, 5.41) is 0.737. The van der Waals surface area contributed by atoms with Crippen LogP contribution >= 0.6 is 11.6 Å². The minimum Gasteiger partial charge on any atom is -0.487 e. The summed E-state index contributed by atoms with van der Waals surface area (Å²) in [6.07, 6.45) is 5.86. The van der Waals surface area contributed by atoms with Gasteiger partial charge in [-0.15, -0.1) is 0 Å². The molecule has 3 heteroatoms. The van der Waals surface area contributed by atoms with Gasteiger partial charge in [0, 0.05) is 23.0 Å². The maximum absolute atomic E-state index is 6.36. The molecule has 1 aliphatic carbocycles. The molecular weight excluding hydrogens is 246 g/mol. The maximum atomic E-state index is 6.36. The Kier molecular flexibility index (Phi) is 3.03. The molecule has 2 nitrogen and oxygen atoms in total. The van der Waals surface area contributed by atoms with Gasteiger partial charge in [-0.25, -0.2) is 0 Å². The van der Waals surface area contributed by atoms with Gasteiger partial charge in [-0.05, 0) is 43.4 Å². The Labute approximate surface area is 113 Å². The predicted molar refractivity (Wildman–Crippen MR) is 74.0 cm³/mol. The topological polar surface area (TPSA) is 35.2 Å². The Morgan fingerprint density at radius 1 is 1.39 bits per heavy atom. The molecule has 3 rings (SSSR count). The maximum Gasteiger partial charge on any atom is 0.125 e. The first-order valence-corrected chi connectivity index (χ1v) is 7.22. The first-order chi connectivity index (χ1) is 8.61. The lowest BCUT2D eigenvalue weighted by molar-refractivity contribution is -0.0407. The van der Waals surface area contributed by atoms with Gasteiger partial charge in [0.1, 0.15) is 11.4 Å². The molecule has 1 heterocycles. The van der Waals surface area contributed by atoms with Crippen LogP contribution in [0, 0.1) is 5.92 Å². The Morgan fingerprint density at radius 3 is 3.00 bits per heavy atom. The largest absolute Gasteiger partial charge is 0.487 e. The SMILES string of the molecule is CC1CCCCC12C[C@@H](N)c1cc(Cl)ccc1O2. The Bertz CT molecular complexity index is 462. The third-order valence-corrected chi connectivity index (χ3v) is 4.87. The van der Waals surface area contributed by atoms with E-state index in [0.29, 0.717) is 5.92 Å². The predicted octanol–water partition coefficient (Wildman–Crippen LogP) is 4.07. The lowest BCUT2D eigenvalue weighted by Gasteiger charge is -2.47. The van der Waals surface area contributed by atoms with Crippen LogP contribution in [0.3, 0.4) is 0 Å². The first kappa shape index (κ1) is 12.3. The molecule has 0 aromatic heterocycles. The minimum atomic E-state index is -0.0432. The second-order valence-electron chi connectivity index (χ2n) is 5.81. The summed E-state index contributed by atoms with van der Waals surface area (Å²) in [6.45, 7) is 2.30. The van der Waals surface area contributed by atoms with E-state index in [-0.39, 0.29) is 11.6 Å². The fraction of sp³-hybridized carbons (Fsp3) is 0.600. The van der Waals surface area contributed by atoms with Gasteiger partial charge in [0.2, 0.25) is 0 Å². The number of rotatable bonds is 0. The van der Waals surface area contributed by atoms with Crippen molar-refractivity contribution < 1.29 is 4.74 Å². The fourth-order valence-electron chi connectivity index (χ4n) is 3.48. The second kappa shape index (κ2) is 4.43. The summed E-state index contributed by atoms with van der Waals surface area (Å²) in [6, 6.07) is 5.86. The van der Waals surface area contributed by atoms with Gasteiger partial charge in [0.05, 0.1) is 0 Å². The highest BCUT2D eigenvalue weighted by molar-refractivity contribution is 6.30. The number of nitrogens with two attached hydrogens (primary N) is 1. The van der Waals surface area contributed by atoms with Gasteiger partial charge in [-0.3, -0.25) is 0 Å². The van der Waals surface area contributed by atoms with Crippen molar-refractivity contribution in [3.05, 3.63) is 28.8 Å². The number of ether oxygens (including phenoxy) is 1. The lowest BCUT2D eigenvalue weighted by Crippen LogP contribution is -2.49. The molecule has 1 spiro atoms. The third-order valence-electron chi connectivity index (χ3n) is 4.64. The van der Waals surface area contributed by atoms with Crippen LogP contribution in [0.25, 0.3) is 0 Å². The van der Waals surface area contributed by atoms with Crippen molar-refractivity contribution in [1.29, 1.82) is 0 Å². The van der Waals surface area contributed by atoms with E-state index in [2.05, 4.69) is 6.92 Å². The molecule has 1 fully saturated rings. The molecule has 1 aromatic carbocycles. The lowest BCUT2D eigenvalue weighted by atomic mass is 9.71. The van der Waals surface area contributed by atoms with Crippen molar-refractivity contribution in [2.45, 2.75) is 50.7 Å². The third kappa shape index (κ3) is 1.92. The zero-order chi connectivity index (χ0) is 12.8. The molecule has 18 heavy (non-hydrogen) atoms. The smallest absolute Gasteiger partial charge is 0.125 e. The minimum absolute atomic E-state index is 0.0432. The van der Waals surface area contributed by atoms with Gasteiger partial charge in [-0.2, -0.15) is 0 Å². The zero-order valence-electron chi connectivity index (χ0n) is 10.8. The van der Waals surface area contributed by atoms with Crippen molar-refractivity contribution in [2.75, 3.05) is 0 Å². The van der Waals surface area contributed by atoms with Gasteiger partial charge in [0.25, 0.3) is 0 Å². The highest BCUT2D eigenvalue weighted by Gasteiger charge is 2.45. The molecular formula is C15H20ClNO. The van der Waals surface area contributed by atoms with E-state index in [4.69, 9.17) is 22.1 Å². The normalized spacial score (nSPS) is 35.1. The quantitative estimate of drug-likeness (QED) is 0.767. The van der Waals surface area contributed by atoms with Crippen molar-refractivity contribution in [3.8, 4) is 5.75 Å². The van der Waals surface area contributed by atoms with E-state index in [1.165, 1.54) is 19.3 Å². The van der Waals surface area contributed by atoms with E-state index in [9.17, 15) is 0 Å². The van der Waals surface area contributed by atoms with E-state index >= 15 is 0 Å². The Hall–Kier alpha value is -0.730. The van der Waals surface area contributed by atoms with Crippen LogP contribution < -0.4 is 10.5 Å². The second-order valence-corrected chi connectivity index (χ2v) is 6.24. The molecule has 0 radical (unpaired) electrons. The molecule has 0 saturated heterocycles. The molecule has 1 aromatic rings. The highest BCUT2D eigenvalue weighted by Crippen LogP contribution is 2.48. The molecule has 2 aliphatic rings. The highest BCUT2D eigenvalue weighted by atomic mass is 35.5. The van der Waals surface area contributed by atoms with Crippen LogP contribution in [0.15, 0.2) is 18.2 Å². The Balaban J connectivity index is 1.98. The summed E-state index contributed by atoms with van der Waals surface area (Å²) in [7, 11) is 0. The van der Waals surface area contributed by atoms with E-state index in [1.54, 1.807) is 0 Å². The zero-order valence-corrected chi connectivity index (χ0v) is 11.5. The molecule has 3 atom stereocenters. The van der Waals surface area contributed by atoms with Gasteiger partial charge in [0.15, 0.2) is 0 Å². The van der Waals surface area contributed by atoms with E-state index in [0.717, 1.165) is 29.2 Å². The molecule has 0 amide bonds. The van der Waals surface area contributed by atoms with Crippen LogP contribution in [0.2, 0.25) is 5.02 Å². The molecule has 98 valence electrons. The van der Waals surface area contributed by atoms with Crippen LogP contribution in [-0.4, -0.2) is 5.60 Å². The number of benzene rings is 1. The van der Waals surface area contributed by atoms with Gasteiger partial charge in [-0.1, -0.05) is 24.9 Å². The molecule has 2 unspecified atom stereocenters. The van der Waals surface area contributed by atoms with Gasteiger partial charge >= 0.3 is 0 Å². The molecule has 0 bridgehead atoms. The Morgan fingerprint density at radius 2 is 2.22 bits per heavy atom. The molecule has 1 saturated carbocycles. The van der Waals surface area contributed by atoms with Crippen molar-refractivity contribution in [3.63, 3.8) is 0 Å². The van der Waals surface area contributed by atoms with Crippen LogP contribution in [0.4, 0.5) is 0 Å². The van der Waals surface area contributed by atoms with Crippen molar-refractivity contribution in [2.24, 2.45) is 11.7 Å². The average molecular weight is 266 g/mol. The average Bonchev–Trinajstić information content (AvgIpc) is 2.34. The monoisotopic (exact) mass is 265 g/mol. The van der Waals surface area contributed by atoms with Gasteiger partial charge < -0.3 is 10.5 Å². The summed E-state index contributed by atoms with van der Waals surface area (Å²) in [5.74, 6) is 1.52. The van der Waals surface area contributed by atoms with Crippen LogP contribution in [0.5, 0.6) is 5.75 Å². The van der Waals surface area contributed by atoms with Crippen LogP contribution in [0.1, 0.15) is 50.6 Å².